The SMILES string of the molecule is Cc1nn(C)cc1-c1nnnn1CC(CC(C)C)C(=O)O. The number of carboxylic acid groups (broad SMARTS) is 1. The van der Waals surface area contributed by atoms with Crippen LogP contribution in [0.3, 0.4) is 0 Å². The number of tetrazole rings is 1. The van der Waals surface area contributed by atoms with Crippen molar-refractivity contribution in [3.8, 4) is 11.4 Å². The second-order valence-corrected chi connectivity index (χ2v) is 5.65. The highest BCUT2D eigenvalue weighted by molar-refractivity contribution is 5.70. The summed E-state index contributed by atoms with van der Waals surface area (Å²) in [6.45, 7) is 6.13. The van der Waals surface area contributed by atoms with Gasteiger partial charge in [-0.1, -0.05) is 13.8 Å². The Morgan fingerprint density at radius 1 is 1.43 bits per heavy atom. The summed E-state index contributed by atoms with van der Waals surface area (Å²) in [7, 11) is 1.82. The van der Waals surface area contributed by atoms with E-state index >= 15 is 0 Å². The number of hydrogen-bond acceptors (Lipinski definition) is 5. The van der Waals surface area contributed by atoms with Crippen molar-refractivity contribution in [1.29, 1.82) is 0 Å². The highest BCUT2D eigenvalue weighted by Crippen LogP contribution is 2.21. The summed E-state index contributed by atoms with van der Waals surface area (Å²) in [4.78, 5) is 11.4. The fraction of sp³-hybridized carbons (Fsp3) is 0.615. The van der Waals surface area contributed by atoms with Crippen LogP contribution < -0.4 is 0 Å². The lowest BCUT2D eigenvalue weighted by Gasteiger charge is -2.14. The summed E-state index contributed by atoms with van der Waals surface area (Å²) in [5.74, 6) is -0.487. The van der Waals surface area contributed by atoms with Crippen LogP contribution in [0, 0.1) is 18.8 Å². The smallest absolute Gasteiger partial charge is 0.308 e. The Morgan fingerprint density at radius 3 is 2.67 bits per heavy atom. The lowest BCUT2D eigenvalue weighted by Crippen LogP contribution is -2.23. The van der Waals surface area contributed by atoms with Crippen LogP contribution in [0.5, 0.6) is 0 Å². The van der Waals surface area contributed by atoms with Gasteiger partial charge >= 0.3 is 5.97 Å². The summed E-state index contributed by atoms with van der Waals surface area (Å²) in [5, 5.41) is 25.2. The Hall–Kier alpha value is -2.25. The van der Waals surface area contributed by atoms with E-state index in [4.69, 9.17) is 0 Å². The third-order valence-corrected chi connectivity index (χ3v) is 3.28. The number of carbonyl (C=O) groups is 1. The van der Waals surface area contributed by atoms with E-state index < -0.39 is 11.9 Å². The molecule has 0 bridgehead atoms. The van der Waals surface area contributed by atoms with Gasteiger partial charge in [0.1, 0.15) is 0 Å². The first-order chi connectivity index (χ1) is 9.88. The maximum atomic E-state index is 11.4. The van der Waals surface area contributed by atoms with Gasteiger partial charge < -0.3 is 5.11 Å². The molecule has 0 amide bonds. The Kier molecular flexibility index (Phi) is 4.35. The van der Waals surface area contributed by atoms with Crippen molar-refractivity contribution in [3.05, 3.63) is 11.9 Å². The molecule has 0 aliphatic rings. The number of aliphatic carboxylic acids is 1. The minimum atomic E-state index is -0.826. The molecule has 8 nitrogen and oxygen atoms in total. The van der Waals surface area contributed by atoms with Crippen molar-refractivity contribution in [2.24, 2.45) is 18.9 Å². The van der Waals surface area contributed by atoms with Crippen molar-refractivity contribution in [2.75, 3.05) is 0 Å². The van der Waals surface area contributed by atoms with E-state index in [2.05, 4.69) is 20.6 Å². The minimum Gasteiger partial charge on any atom is -0.481 e. The molecular weight excluding hydrogens is 272 g/mol. The molecule has 21 heavy (non-hydrogen) atoms. The quantitative estimate of drug-likeness (QED) is 0.856. The number of aromatic nitrogens is 6. The average molecular weight is 292 g/mol. The van der Waals surface area contributed by atoms with Crippen LogP contribution >= 0.6 is 0 Å². The standard InChI is InChI=1S/C13H20N6O2/c1-8(2)5-10(13(20)21)6-19-12(14-16-17-19)11-7-18(4)15-9(11)3/h7-8,10H,5-6H2,1-4H3,(H,20,21). The van der Waals surface area contributed by atoms with Crippen molar-refractivity contribution >= 4 is 5.97 Å². The van der Waals surface area contributed by atoms with Crippen LogP contribution in [-0.2, 0) is 18.4 Å². The van der Waals surface area contributed by atoms with Gasteiger partial charge in [-0.2, -0.15) is 5.10 Å². The zero-order valence-corrected chi connectivity index (χ0v) is 12.7. The van der Waals surface area contributed by atoms with Gasteiger partial charge in [-0.05, 0) is 29.7 Å². The first kappa shape index (κ1) is 15.1. The molecule has 1 unspecified atom stereocenters. The number of carboxylic acids is 1. The van der Waals surface area contributed by atoms with Crippen molar-refractivity contribution in [3.63, 3.8) is 0 Å². The molecule has 1 atom stereocenters. The van der Waals surface area contributed by atoms with E-state index in [-0.39, 0.29) is 6.54 Å². The molecule has 0 radical (unpaired) electrons. The predicted molar refractivity (Wildman–Crippen MR) is 75.3 cm³/mol. The molecule has 0 aromatic carbocycles. The third-order valence-electron chi connectivity index (χ3n) is 3.28. The lowest BCUT2D eigenvalue weighted by atomic mass is 9.97. The van der Waals surface area contributed by atoms with E-state index in [1.54, 1.807) is 9.36 Å². The van der Waals surface area contributed by atoms with Gasteiger partial charge in [0.15, 0.2) is 5.82 Å². The number of hydrogen-bond donors (Lipinski definition) is 1. The molecular formula is C13H20N6O2. The van der Waals surface area contributed by atoms with Crippen LogP contribution in [0.25, 0.3) is 11.4 Å². The molecule has 0 aliphatic carbocycles. The highest BCUT2D eigenvalue weighted by atomic mass is 16.4. The average Bonchev–Trinajstić information content (AvgIpc) is 2.94. The topological polar surface area (TPSA) is 98.7 Å². The molecule has 8 heteroatoms. The van der Waals surface area contributed by atoms with Crippen LogP contribution in [-0.4, -0.2) is 41.1 Å². The second-order valence-electron chi connectivity index (χ2n) is 5.65. The molecule has 2 rings (SSSR count). The summed E-state index contributed by atoms with van der Waals surface area (Å²) in [5.41, 5.74) is 1.63. The van der Waals surface area contributed by atoms with Crippen LogP contribution in [0.4, 0.5) is 0 Å². The van der Waals surface area contributed by atoms with E-state index in [1.807, 2.05) is 34.0 Å². The molecule has 0 saturated heterocycles. The zero-order chi connectivity index (χ0) is 15.6. The third kappa shape index (κ3) is 3.45. The minimum absolute atomic E-state index is 0.254. The second kappa shape index (κ2) is 6.02. The molecule has 2 heterocycles. The predicted octanol–water partition coefficient (Wildman–Crippen LogP) is 1.13. The summed E-state index contributed by atoms with van der Waals surface area (Å²) in [6, 6.07) is 0. The van der Waals surface area contributed by atoms with Gasteiger partial charge in [0, 0.05) is 13.2 Å². The van der Waals surface area contributed by atoms with Crippen molar-refractivity contribution in [1.82, 2.24) is 30.0 Å². The normalized spacial score (nSPS) is 12.8. The van der Waals surface area contributed by atoms with Crippen molar-refractivity contribution < 1.29 is 9.90 Å². The Labute approximate surface area is 122 Å². The van der Waals surface area contributed by atoms with E-state index in [9.17, 15) is 9.90 Å². The van der Waals surface area contributed by atoms with Gasteiger partial charge in [0.2, 0.25) is 0 Å². The van der Waals surface area contributed by atoms with Gasteiger partial charge in [0.05, 0.1) is 23.7 Å². The van der Waals surface area contributed by atoms with E-state index in [0.29, 0.717) is 18.2 Å². The number of rotatable bonds is 6. The van der Waals surface area contributed by atoms with Gasteiger partial charge in [-0.3, -0.25) is 9.48 Å². The summed E-state index contributed by atoms with van der Waals surface area (Å²) in [6.07, 6.45) is 2.41. The Morgan fingerprint density at radius 2 is 2.14 bits per heavy atom. The molecule has 0 aliphatic heterocycles. The van der Waals surface area contributed by atoms with Gasteiger partial charge in [0.25, 0.3) is 0 Å². The molecule has 2 aromatic heterocycles. The first-order valence-corrected chi connectivity index (χ1v) is 6.88. The summed E-state index contributed by atoms with van der Waals surface area (Å²) >= 11 is 0. The Balaban J connectivity index is 2.28. The number of nitrogens with zero attached hydrogens (tertiary/aromatic N) is 6. The highest BCUT2D eigenvalue weighted by Gasteiger charge is 2.23. The van der Waals surface area contributed by atoms with Crippen LogP contribution in [0.2, 0.25) is 0 Å². The number of aryl methyl sites for hydroxylation is 2. The molecule has 0 fully saturated rings. The van der Waals surface area contributed by atoms with Crippen molar-refractivity contribution in [2.45, 2.75) is 33.7 Å². The molecule has 0 spiro atoms. The monoisotopic (exact) mass is 292 g/mol. The summed E-state index contributed by atoms with van der Waals surface area (Å²) < 4.78 is 3.23. The van der Waals surface area contributed by atoms with Crippen LogP contribution in [0.15, 0.2) is 6.20 Å². The van der Waals surface area contributed by atoms with Gasteiger partial charge in [-0.15, -0.1) is 5.10 Å². The Bertz CT molecular complexity index is 630. The molecule has 114 valence electrons. The first-order valence-electron chi connectivity index (χ1n) is 6.88. The fourth-order valence-electron chi connectivity index (χ4n) is 2.37. The van der Waals surface area contributed by atoms with Gasteiger partial charge in [-0.25, -0.2) is 4.68 Å². The van der Waals surface area contributed by atoms with E-state index in [0.717, 1.165) is 11.3 Å². The van der Waals surface area contributed by atoms with Crippen LogP contribution in [0.1, 0.15) is 26.0 Å². The largest absolute Gasteiger partial charge is 0.481 e. The maximum Gasteiger partial charge on any atom is 0.308 e. The van der Waals surface area contributed by atoms with E-state index in [1.165, 1.54) is 0 Å². The lowest BCUT2D eigenvalue weighted by molar-refractivity contribution is -0.142. The molecule has 0 saturated carbocycles. The fourth-order valence-corrected chi connectivity index (χ4v) is 2.37. The molecule has 2 aromatic rings. The maximum absolute atomic E-state index is 11.4. The zero-order valence-electron chi connectivity index (χ0n) is 12.7. The molecule has 1 N–H and O–H groups in total.